The van der Waals surface area contributed by atoms with E-state index in [4.69, 9.17) is 0 Å². The quantitative estimate of drug-likeness (QED) is 0.906. The monoisotopic (exact) mass is 336 g/mol. The normalized spacial score (nSPS) is 11.9. The first kappa shape index (κ1) is 15.5. The predicted octanol–water partition coefficient (Wildman–Crippen LogP) is 1.24. The molecule has 1 N–H and O–H groups in total. The minimum Gasteiger partial charge on any atom is -0.266 e. The summed E-state index contributed by atoms with van der Waals surface area (Å²) < 4.78 is 51.5. The molecule has 0 radical (unpaired) electrons. The number of aryl methyl sites for hydroxylation is 2. The summed E-state index contributed by atoms with van der Waals surface area (Å²) in [6.45, 7) is 1.61. The van der Waals surface area contributed by atoms with E-state index in [1.54, 1.807) is 11.6 Å². The van der Waals surface area contributed by atoms with Crippen LogP contribution >= 0.6 is 11.3 Å². The molecule has 0 atom stereocenters. The van der Waals surface area contributed by atoms with Crippen molar-refractivity contribution in [1.29, 1.82) is 0 Å². The van der Waals surface area contributed by atoms with E-state index in [2.05, 4.69) is 10.1 Å². The van der Waals surface area contributed by atoms with E-state index in [-0.39, 0.29) is 4.21 Å². The zero-order valence-electron chi connectivity index (χ0n) is 10.9. The molecule has 0 aliphatic rings. The fraction of sp³-hybridized carbons (Fsp3) is 0.300. The number of halogens is 2. The molecule has 0 bridgehead atoms. The van der Waals surface area contributed by atoms with Crippen molar-refractivity contribution in [2.24, 2.45) is 7.05 Å². The van der Waals surface area contributed by atoms with Gasteiger partial charge in [-0.3, -0.25) is 9.48 Å². The maximum atomic E-state index is 12.6. The van der Waals surface area contributed by atoms with Crippen LogP contribution in [0, 0.1) is 6.92 Å². The molecular weight excluding hydrogens is 326 g/mol. The standard InChI is InChI=1S/C10H10F2N4O3S2/c1-5-13-4-8(20-5)21(18,19)15-10(17)6-3-7(9(11)12)16(2)14-6/h3-4,9H,1-2H3,(H,15,17). The number of amides is 1. The lowest BCUT2D eigenvalue weighted by molar-refractivity contribution is 0.0976. The number of sulfonamides is 1. The number of nitrogens with zero attached hydrogens (tertiary/aromatic N) is 3. The summed E-state index contributed by atoms with van der Waals surface area (Å²) in [6.07, 6.45) is -1.71. The third kappa shape index (κ3) is 3.24. The molecule has 11 heteroatoms. The van der Waals surface area contributed by atoms with Gasteiger partial charge in [0.25, 0.3) is 22.4 Å². The lowest BCUT2D eigenvalue weighted by Gasteiger charge is -2.01. The summed E-state index contributed by atoms with van der Waals surface area (Å²) >= 11 is 0.886. The minimum absolute atomic E-state index is 0.140. The number of thiazole rings is 1. The maximum absolute atomic E-state index is 12.6. The zero-order valence-corrected chi connectivity index (χ0v) is 12.5. The Labute approximate surface area is 122 Å². The van der Waals surface area contributed by atoms with Gasteiger partial charge in [-0.2, -0.15) is 5.10 Å². The predicted molar refractivity (Wildman–Crippen MR) is 69.7 cm³/mol. The van der Waals surface area contributed by atoms with Crippen molar-refractivity contribution >= 4 is 27.3 Å². The average molecular weight is 336 g/mol. The number of aromatic nitrogens is 3. The number of rotatable bonds is 4. The van der Waals surface area contributed by atoms with Crippen molar-refractivity contribution < 1.29 is 22.0 Å². The van der Waals surface area contributed by atoms with Crippen LogP contribution in [0.5, 0.6) is 0 Å². The molecule has 0 fully saturated rings. The Hall–Kier alpha value is -1.88. The number of nitrogens with one attached hydrogen (secondary N) is 1. The molecule has 2 rings (SSSR count). The van der Waals surface area contributed by atoms with Gasteiger partial charge in [-0.25, -0.2) is 26.9 Å². The van der Waals surface area contributed by atoms with Gasteiger partial charge in [-0.15, -0.1) is 11.3 Å². The van der Waals surface area contributed by atoms with Crippen LogP contribution in [0.25, 0.3) is 0 Å². The van der Waals surface area contributed by atoms with Crippen LogP contribution < -0.4 is 4.72 Å². The van der Waals surface area contributed by atoms with E-state index in [1.165, 1.54) is 7.05 Å². The maximum Gasteiger partial charge on any atom is 0.285 e. The summed E-state index contributed by atoms with van der Waals surface area (Å²) in [7, 11) is -2.86. The van der Waals surface area contributed by atoms with Gasteiger partial charge in [-0.1, -0.05) is 0 Å². The van der Waals surface area contributed by atoms with E-state index >= 15 is 0 Å². The Kier molecular flexibility index (Phi) is 4.05. The first-order chi connectivity index (χ1) is 9.70. The Morgan fingerprint density at radius 3 is 2.62 bits per heavy atom. The third-order valence-electron chi connectivity index (χ3n) is 2.46. The van der Waals surface area contributed by atoms with Crippen LogP contribution in [0.3, 0.4) is 0 Å². The lowest BCUT2D eigenvalue weighted by Crippen LogP contribution is -2.30. The number of alkyl halides is 2. The summed E-state index contributed by atoms with van der Waals surface area (Å²) in [5, 5.41) is 4.08. The van der Waals surface area contributed by atoms with Crippen LogP contribution in [0.2, 0.25) is 0 Å². The second kappa shape index (κ2) is 5.48. The molecule has 0 unspecified atom stereocenters. The lowest BCUT2D eigenvalue weighted by atomic mass is 10.3. The summed E-state index contributed by atoms with van der Waals surface area (Å²) in [4.78, 5) is 15.6. The third-order valence-corrected chi connectivity index (χ3v) is 5.17. The molecular formula is C10H10F2N4O3S2. The SMILES string of the molecule is Cc1ncc(S(=O)(=O)NC(=O)c2cc(C(F)F)n(C)n2)s1. The topological polar surface area (TPSA) is 94.0 Å². The zero-order chi connectivity index (χ0) is 15.8. The number of hydrogen-bond donors (Lipinski definition) is 1. The molecule has 0 aliphatic carbocycles. The van der Waals surface area contributed by atoms with Crippen LogP contribution in [-0.4, -0.2) is 29.1 Å². The van der Waals surface area contributed by atoms with Gasteiger partial charge in [0.05, 0.1) is 11.2 Å². The van der Waals surface area contributed by atoms with Crippen molar-refractivity contribution in [3.05, 3.63) is 28.7 Å². The molecule has 0 aromatic carbocycles. The molecule has 2 heterocycles. The van der Waals surface area contributed by atoms with Crippen LogP contribution in [-0.2, 0) is 17.1 Å². The summed E-state index contributed by atoms with van der Waals surface area (Å²) in [6, 6.07) is 0.841. The van der Waals surface area contributed by atoms with Crippen LogP contribution in [0.1, 0.15) is 27.6 Å². The van der Waals surface area contributed by atoms with Gasteiger partial charge in [0.2, 0.25) is 0 Å². The average Bonchev–Trinajstić information content (AvgIpc) is 2.95. The Bertz CT molecular complexity index is 782. The van der Waals surface area contributed by atoms with Crippen molar-refractivity contribution in [3.8, 4) is 0 Å². The van der Waals surface area contributed by atoms with E-state index in [0.717, 1.165) is 28.3 Å². The van der Waals surface area contributed by atoms with Crippen LogP contribution in [0.15, 0.2) is 16.5 Å². The van der Waals surface area contributed by atoms with E-state index in [9.17, 15) is 22.0 Å². The molecule has 1 amide bonds. The molecule has 0 saturated heterocycles. The minimum atomic E-state index is -4.09. The molecule has 114 valence electrons. The van der Waals surface area contributed by atoms with Gasteiger partial charge in [-0.05, 0) is 13.0 Å². The molecule has 0 aliphatic heterocycles. The molecule has 0 spiro atoms. The largest absolute Gasteiger partial charge is 0.285 e. The number of carbonyl (C=O) groups excluding carboxylic acids is 1. The van der Waals surface area contributed by atoms with Gasteiger partial charge in [0, 0.05) is 7.05 Å². The highest BCUT2D eigenvalue weighted by atomic mass is 32.2. The van der Waals surface area contributed by atoms with Gasteiger partial charge >= 0.3 is 0 Å². The van der Waals surface area contributed by atoms with E-state index < -0.39 is 33.7 Å². The molecule has 0 saturated carbocycles. The van der Waals surface area contributed by atoms with Crippen LogP contribution in [0.4, 0.5) is 8.78 Å². The van der Waals surface area contributed by atoms with Gasteiger partial charge in [0.15, 0.2) is 9.90 Å². The molecule has 21 heavy (non-hydrogen) atoms. The van der Waals surface area contributed by atoms with Crippen molar-refractivity contribution in [2.75, 3.05) is 0 Å². The fourth-order valence-electron chi connectivity index (χ4n) is 1.49. The Morgan fingerprint density at radius 1 is 1.48 bits per heavy atom. The van der Waals surface area contributed by atoms with Crippen molar-refractivity contribution in [2.45, 2.75) is 17.6 Å². The molecule has 2 aromatic rings. The first-order valence-electron chi connectivity index (χ1n) is 5.52. The summed E-state index contributed by atoms with van der Waals surface area (Å²) in [5.41, 5.74) is -0.885. The Balaban J connectivity index is 2.24. The fourth-order valence-corrected chi connectivity index (χ4v) is 3.56. The second-order valence-corrected chi connectivity index (χ2v) is 7.16. The first-order valence-corrected chi connectivity index (χ1v) is 7.82. The molecule has 2 aromatic heterocycles. The van der Waals surface area contributed by atoms with E-state index in [1.807, 2.05) is 0 Å². The van der Waals surface area contributed by atoms with Gasteiger partial charge in [0.1, 0.15) is 5.69 Å². The molecule has 7 nitrogen and oxygen atoms in total. The Morgan fingerprint density at radius 2 is 2.14 bits per heavy atom. The van der Waals surface area contributed by atoms with Crippen molar-refractivity contribution in [3.63, 3.8) is 0 Å². The summed E-state index contributed by atoms with van der Waals surface area (Å²) in [5.74, 6) is -1.08. The highest BCUT2D eigenvalue weighted by molar-refractivity contribution is 7.92. The smallest absolute Gasteiger partial charge is 0.266 e. The van der Waals surface area contributed by atoms with Crippen molar-refractivity contribution in [1.82, 2.24) is 19.5 Å². The van der Waals surface area contributed by atoms with E-state index in [0.29, 0.717) is 5.01 Å². The highest BCUT2D eigenvalue weighted by Gasteiger charge is 2.24. The number of hydrogen-bond acceptors (Lipinski definition) is 6. The number of carbonyl (C=O) groups is 1. The van der Waals surface area contributed by atoms with Gasteiger partial charge < -0.3 is 0 Å². The highest BCUT2D eigenvalue weighted by Crippen LogP contribution is 2.20. The second-order valence-electron chi connectivity index (χ2n) is 4.01.